The number of hydrogen-bond donors (Lipinski definition) is 1. The molecule has 0 bridgehead atoms. The minimum atomic E-state index is 0.356. The van der Waals surface area contributed by atoms with Gasteiger partial charge in [0, 0.05) is 25.4 Å². The second kappa shape index (κ2) is 5.61. The van der Waals surface area contributed by atoms with Gasteiger partial charge in [-0.2, -0.15) is 4.98 Å². The van der Waals surface area contributed by atoms with Gasteiger partial charge in [-0.1, -0.05) is 34.8 Å². The van der Waals surface area contributed by atoms with Crippen molar-refractivity contribution in [1.29, 1.82) is 0 Å². The summed E-state index contributed by atoms with van der Waals surface area (Å²) in [6.45, 7) is 0. The smallest absolute Gasteiger partial charge is 0.225 e. The maximum absolute atomic E-state index is 6.00. The van der Waals surface area contributed by atoms with E-state index in [1.807, 2.05) is 0 Å². The first-order valence-corrected chi connectivity index (χ1v) is 6.06. The first kappa shape index (κ1) is 13.2. The van der Waals surface area contributed by atoms with E-state index in [0.717, 1.165) is 0 Å². The minimum Gasteiger partial charge on any atom is -0.437 e. The highest BCUT2D eigenvalue weighted by molar-refractivity contribution is 6.43. The number of nitrogens with one attached hydrogen (secondary N) is 1. The molecule has 0 spiro atoms. The van der Waals surface area contributed by atoms with Crippen molar-refractivity contribution >= 4 is 40.8 Å². The number of hydrogen-bond acceptors (Lipinski definition) is 4. The van der Waals surface area contributed by atoms with Crippen LogP contribution >= 0.6 is 34.8 Å². The number of halogens is 3. The molecule has 0 saturated carbocycles. The summed E-state index contributed by atoms with van der Waals surface area (Å²) < 4.78 is 5.52. The second-order valence-electron chi connectivity index (χ2n) is 3.27. The highest BCUT2D eigenvalue weighted by atomic mass is 35.5. The van der Waals surface area contributed by atoms with Crippen LogP contribution in [0.3, 0.4) is 0 Å². The van der Waals surface area contributed by atoms with Crippen molar-refractivity contribution in [2.24, 2.45) is 0 Å². The summed E-state index contributed by atoms with van der Waals surface area (Å²) in [5.74, 6) is 1.19. The van der Waals surface area contributed by atoms with E-state index in [1.54, 1.807) is 19.3 Å². The van der Waals surface area contributed by atoms with Gasteiger partial charge < -0.3 is 10.1 Å². The lowest BCUT2D eigenvalue weighted by molar-refractivity contribution is 0.462. The molecule has 4 nitrogen and oxygen atoms in total. The quantitative estimate of drug-likeness (QED) is 0.860. The summed E-state index contributed by atoms with van der Waals surface area (Å²) in [4.78, 5) is 8.07. The van der Waals surface area contributed by atoms with Gasteiger partial charge in [-0.15, -0.1) is 0 Å². The summed E-state index contributed by atoms with van der Waals surface area (Å²) in [6.07, 6.45) is 1.57. The van der Waals surface area contributed by atoms with Crippen molar-refractivity contribution in [3.8, 4) is 11.6 Å². The molecule has 1 aromatic carbocycles. The topological polar surface area (TPSA) is 47.0 Å². The third-order valence-electron chi connectivity index (χ3n) is 2.04. The molecule has 1 heterocycles. The van der Waals surface area contributed by atoms with Crippen LogP contribution in [0.5, 0.6) is 11.6 Å². The summed E-state index contributed by atoms with van der Waals surface area (Å²) in [6, 6.07) is 4.66. The van der Waals surface area contributed by atoms with Gasteiger partial charge in [0.05, 0.1) is 15.1 Å². The predicted octanol–water partition coefficient (Wildman–Crippen LogP) is 4.27. The molecule has 0 amide bonds. The first-order valence-electron chi connectivity index (χ1n) is 4.93. The number of aromatic nitrogens is 2. The number of benzene rings is 1. The SMILES string of the molecule is CNc1nccc(Oc2cc(Cl)c(Cl)cc2Cl)n1. The van der Waals surface area contributed by atoms with E-state index in [1.165, 1.54) is 12.1 Å². The fourth-order valence-corrected chi connectivity index (χ4v) is 1.79. The van der Waals surface area contributed by atoms with Gasteiger partial charge in [0.1, 0.15) is 5.75 Å². The Morgan fingerprint density at radius 2 is 1.83 bits per heavy atom. The Bertz CT molecular complexity index is 577. The maximum atomic E-state index is 6.00. The molecule has 18 heavy (non-hydrogen) atoms. The van der Waals surface area contributed by atoms with Gasteiger partial charge in [-0.25, -0.2) is 4.98 Å². The van der Waals surface area contributed by atoms with Crippen LogP contribution < -0.4 is 10.1 Å². The van der Waals surface area contributed by atoms with E-state index in [2.05, 4.69) is 15.3 Å². The second-order valence-corrected chi connectivity index (χ2v) is 4.49. The zero-order valence-corrected chi connectivity index (χ0v) is 11.5. The summed E-state index contributed by atoms with van der Waals surface area (Å²) >= 11 is 17.7. The molecule has 94 valence electrons. The van der Waals surface area contributed by atoms with Crippen LogP contribution in [0, 0.1) is 0 Å². The number of ether oxygens (including phenoxy) is 1. The summed E-state index contributed by atoms with van der Waals surface area (Å²) in [7, 11) is 1.71. The van der Waals surface area contributed by atoms with Gasteiger partial charge in [-0.05, 0) is 6.07 Å². The van der Waals surface area contributed by atoms with Crippen LogP contribution in [0.4, 0.5) is 5.95 Å². The van der Waals surface area contributed by atoms with Gasteiger partial charge in [0.2, 0.25) is 11.8 Å². The third-order valence-corrected chi connectivity index (χ3v) is 3.06. The molecule has 1 N–H and O–H groups in total. The lowest BCUT2D eigenvalue weighted by Gasteiger charge is -2.08. The molecule has 1 aromatic heterocycles. The zero-order chi connectivity index (χ0) is 13.1. The summed E-state index contributed by atoms with van der Waals surface area (Å²) in [5.41, 5.74) is 0. The number of anilines is 1. The van der Waals surface area contributed by atoms with Crippen LogP contribution in [0.25, 0.3) is 0 Å². The van der Waals surface area contributed by atoms with Crippen molar-refractivity contribution in [3.63, 3.8) is 0 Å². The van der Waals surface area contributed by atoms with Crippen LogP contribution in [0.2, 0.25) is 15.1 Å². The molecule has 0 radical (unpaired) electrons. The number of rotatable bonds is 3. The van der Waals surface area contributed by atoms with Gasteiger partial charge >= 0.3 is 0 Å². The summed E-state index contributed by atoms with van der Waals surface area (Å²) in [5, 5.41) is 3.89. The fourth-order valence-electron chi connectivity index (χ4n) is 1.21. The highest BCUT2D eigenvalue weighted by Gasteiger charge is 2.09. The Kier molecular flexibility index (Phi) is 4.11. The Labute approximate surface area is 119 Å². The molecule has 0 aliphatic heterocycles. The van der Waals surface area contributed by atoms with Crippen LogP contribution in [-0.2, 0) is 0 Å². The van der Waals surface area contributed by atoms with E-state index in [0.29, 0.717) is 32.6 Å². The lowest BCUT2D eigenvalue weighted by atomic mass is 10.3. The van der Waals surface area contributed by atoms with Crippen LogP contribution in [0.15, 0.2) is 24.4 Å². The molecule has 0 saturated heterocycles. The van der Waals surface area contributed by atoms with Crippen molar-refractivity contribution in [3.05, 3.63) is 39.5 Å². The van der Waals surface area contributed by atoms with Crippen molar-refractivity contribution < 1.29 is 4.74 Å². The molecular weight excluding hydrogens is 296 g/mol. The molecule has 7 heteroatoms. The molecular formula is C11H8Cl3N3O. The molecule has 0 fully saturated rings. The van der Waals surface area contributed by atoms with Crippen LogP contribution in [0.1, 0.15) is 0 Å². The maximum Gasteiger partial charge on any atom is 0.225 e. The Balaban J connectivity index is 2.30. The zero-order valence-electron chi connectivity index (χ0n) is 9.25. The minimum absolute atomic E-state index is 0.356. The standard InChI is InChI=1S/C11H8Cl3N3O/c1-15-11-16-3-2-10(17-11)18-9-5-7(13)6(12)4-8(9)14/h2-5H,1H3,(H,15,16,17). The largest absolute Gasteiger partial charge is 0.437 e. The molecule has 0 unspecified atom stereocenters. The molecule has 0 aliphatic carbocycles. The van der Waals surface area contributed by atoms with E-state index in [4.69, 9.17) is 39.5 Å². The van der Waals surface area contributed by atoms with E-state index >= 15 is 0 Å². The van der Waals surface area contributed by atoms with Gasteiger partial charge in [0.25, 0.3) is 0 Å². The lowest BCUT2D eigenvalue weighted by Crippen LogP contribution is -1.97. The van der Waals surface area contributed by atoms with E-state index in [-0.39, 0.29) is 0 Å². The Morgan fingerprint density at radius 1 is 1.11 bits per heavy atom. The molecule has 2 aromatic rings. The van der Waals surface area contributed by atoms with E-state index < -0.39 is 0 Å². The first-order chi connectivity index (χ1) is 8.60. The van der Waals surface area contributed by atoms with E-state index in [9.17, 15) is 0 Å². The Morgan fingerprint density at radius 3 is 2.56 bits per heavy atom. The van der Waals surface area contributed by atoms with Crippen molar-refractivity contribution in [1.82, 2.24) is 9.97 Å². The molecule has 2 rings (SSSR count). The normalized spacial score (nSPS) is 10.2. The van der Waals surface area contributed by atoms with Crippen LogP contribution in [-0.4, -0.2) is 17.0 Å². The monoisotopic (exact) mass is 303 g/mol. The van der Waals surface area contributed by atoms with Gasteiger partial charge in [-0.3, -0.25) is 0 Å². The van der Waals surface area contributed by atoms with Gasteiger partial charge in [0.15, 0.2) is 0 Å². The predicted molar refractivity (Wildman–Crippen MR) is 73.1 cm³/mol. The fraction of sp³-hybridized carbons (Fsp3) is 0.0909. The highest BCUT2D eigenvalue weighted by Crippen LogP contribution is 2.35. The Hall–Kier alpha value is -1.23. The average Bonchev–Trinajstić information content (AvgIpc) is 2.36. The van der Waals surface area contributed by atoms with Crippen molar-refractivity contribution in [2.75, 3.05) is 12.4 Å². The van der Waals surface area contributed by atoms with Crippen molar-refractivity contribution in [2.45, 2.75) is 0 Å². The average molecular weight is 305 g/mol. The molecule has 0 atom stereocenters. The molecule has 0 aliphatic rings. The number of nitrogens with zero attached hydrogens (tertiary/aromatic N) is 2. The third kappa shape index (κ3) is 2.96.